The molecule has 1 aliphatic heterocycles. The molecule has 0 spiro atoms. The Bertz CT molecular complexity index is 399. The highest BCUT2D eigenvalue weighted by atomic mass is 32.1. The van der Waals surface area contributed by atoms with Crippen LogP contribution < -0.4 is 10.6 Å². The molecule has 5 nitrogen and oxygen atoms in total. The van der Waals surface area contributed by atoms with E-state index in [-0.39, 0.29) is 11.8 Å². The molecular formula is C12H20N4OS. The van der Waals surface area contributed by atoms with E-state index in [1.807, 2.05) is 0 Å². The number of amides is 1. The molecular weight excluding hydrogens is 248 g/mol. The van der Waals surface area contributed by atoms with Crippen molar-refractivity contribution in [2.45, 2.75) is 39.2 Å². The summed E-state index contributed by atoms with van der Waals surface area (Å²) in [5, 5.41) is 16.3. The topological polar surface area (TPSA) is 66.9 Å². The van der Waals surface area contributed by atoms with Crippen LogP contribution in [0.15, 0.2) is 0 Å². The molecule has 1 aliphatic rings. The molecule has 18 heavy (non-hydrogen) atoms. The van der Waals surface area contributed by atoms with Gasteiger partial charge in [0.1, 0.15) is 10.0 Å². The predicted octanol–water partition coefficient (Wildman–Crippen LogP) is 1.28. The van der Waals surface area contributed by atoms with Crippen molar-refractivity contribution in [1.29, 1.82) is 0 Å². The summed E-state index contributed by atoms with van der Waals surface area (Å²) in [6.45, 7) is 6.50. The number of carbonyl (C=O) groups excluding carboxylic acids is 1. The second kappa shape index (κ2) is 6.24. The van der Waals surface area contributed by atoms with Crippen molar-refractivity contribution in [1.82, 2.24) is 20.8 Å². The van der Waals surface area contributed by atoms with E-state index in [1.165, 1.54) is 0 Å². The molecule has 100 valence electrons. The smallest absolute Gasteiger partial charge is 0.224 e. The van der Waals surface area contributed by atoms with Crippen molar-refractivity contribution in [3.63, 3.8) is 0 Å². The van der Waals surface area contributed by atoms with Crippen LogP contribution in [0.1, 0.15) is 42.6 Å². The molecule has 1 aromatic rings. The molecule has 1 fully saturated rings. The molecule has 1 atom stereocenters. The van der Waals surface area contributed by atoms with Crippen molar-refractivity contribution in [3.8, 4) is 0 Å². The molecule has 6 heteroatoms. The summed E-state index contributed by atoms with van der Waals surface area (Å²) in [5.74, 6) is 0.634. The second-order valence-electron chi connectivity index (χ2n) is 4.95. The van der Waals surface area contributed by atoms with Gasteiger partial charge in [-0.05, 0) is 19.4 Å². The minimum atomic E-state index is 0.108. The molecule has 0 saturated carbocycles. The van der Waals surface area contributed by atoms with Gasteiger partial charge in [0.2, 0.25) is 5.91 Å². The van der Waals surface area contributed by atoms with E-state index < -0.39 is 0 Å². The van der Waals surface area contributed by atoms with E-state index in [2.05, 4.69) is 34.7 Å². The Morgan fingerprint density at radius 3 is 3.00 bits per heavy atom. The van der Waals surface area contributed by atoms with E-state index in [9.17, 15) is 4.79 Å². The largest absolute Gasteiger partial charge is 0.349 e. The highest BCUT2D eigenvalue weighted by Crippen LogP contribution is 2.18. The van der Waals surface area contributed by atoms with Crippen LogP contribution in [0.2, 0.25) is 0 Å². The molecule has 0 bridgehead atoms. The Morgan fingerprint density at radius 2 is 2.39 bits per heavy atom. The van der Waals surface area contributed by atoms with Crippen molar-refractivity contribution in [2.24, 2.45) is 5.92 Å². The fourth-order valence-corrected chi connectivity index (χ4v) is 2.74. The Morgan fingerprint density at radius 1 is 1.56 bits per heavy atom. The van der Waals surface area contributed by atoms with E-state index >= 15 is 0 Å². The third-order valence-corrected chi connectivity index (χ3v) is 4.28. The first-order valence-electron chi connectivity index (χ1n) is 6.47. The summed E-state index contributed by atoms with van der Waals surface area (Å²) in [6, 6.07) is 0. The quantitative estimate of drug-likeness (QED) is 0.863. The van der Waals surface area contributed by atoms with Crippen molar-refractivity contribution in [3.05, 3.63) is 10.0 Å². The van der Waals surface area contributed by atoms with Crippen LogP contribution in [0.5, 0.6) is 0 Å². The van der Waals surface area contributed by atoms with Crippen LogP contribution in [-0.4, -0.2) is 29.2 Å². The third kappa shape index (κ3) is 3.49. The number of aromatic nitrogens is 2. The van der Waals surface area contributed by atoms with Crippen LogP contribution in [0.25, 0.3) is 0 Å². The summed E-state index contributed by atoms with van der Waals surface area (Å²) in [4.78, 5) is 11.9. The number of nitrogens with zero attached hydrogens (tertiary/aromatic N) is 2. The van der Waals surface area contributed by atoms with Crippen molar-refractivity contribution in [2.75, 3.05) is 13.1 Å². The van der Waals surface area contributed by atoms with E-state index in [1.54, 1.807) is 11.3 Å². The van der Waals surface area contributed by atoms with Crippen LogP contribution in [-0.2, 0) is 11.3 Å². The Balaban J connectivity index is 1.81. The average molecular weight is 268 g/mol. The molecule has 2 heterocycles. The fraction of sp³-hybridized carbons (Fsp3) is 0.750. The summed E-state index contributed by atoms with van der Waals surface area (Å²) in [5.41, 5.74) is 0. The minimum absolute atomic E-state index is 0.108. The summed E-state index contributed by atoms with van der Waals surface area (Å²) >= 11 is 1.58. The first-order chi connectivity index (χ1) is 8.66. The van der Waals surface area contributed by atoms with Gasteiger partial charge < -0.3 is 10.6 Å². The van der Waals surface area contributed by atoms with Gasteiger partial charge in [0.15, 0.2) is 0 Å². The highest BCUT2D eigenvalue weighted by molar-refractivity contribution is 7.11. The molecule has 0 aliphatic carbocycles. The van der Waals surface area contributed by atoms with Gasteiger partial charge in [-0.2, -0.15) is 0 Å². The molecule has 2 N–H and O–H groups in total. The first kappa shape index (κ1) is 13.4. The van der Waals surface area contributed by atoms with Gasteiger partial charge in [-0.15, -0.1) is 10.2 Å². The SMILES string of the molecule is CC(C)c1nnc(CNC(=O)C2CCCNC2)s1. The number of rotatable bonds is 4. The first-order valence-corrected chi connectivity index (χ1v) is 7.29. The highest BCUT2D eigenvalue weighted by Gasteiger charge is 2.20. The monoisotopic (exact) mass is 268 g/mol. The maximum Gasteiger partial charge on any atom is 0.224 e. The maximum atomic E-state index is 11.9. The van der Waals surface area contributed by atoms with Crippen molar-refractivity contribution < 1.29 is 4.79 Å². The van der Waals surface area contributed by atoms with Gasteiger partial charge in [-0.25, -0.2) is 0 Å². The van der Waals surface area contributed by atoms with E-state index in [0.717, 1.165) is 35.9 Å². The van der Waals surface area contributed by atoms with Crippen molar-refractivity contribution >= 4 is 17.2 Å². The van der Waals surface area contributed by atoms with E-state index in [4.69, 9.17) is 0 Å². The number of hydrogen-bond donors (Lipinski definition) is 2. The van der Waals surface area contributed by atoms with Gasteiger partial charge in [0.25, 0.3) is 0 Å². The van der Waals surface area contributed by atoms with Crippen LogP contribution in [0.3, 0.4) is 0 Å². The summed E-state index contributed by atoms with van der Waals surface area (Å²) in [6.07, 6.45) is 2.06. The Kier molecular flexibility index (Phi) is 4.66. The Labute approximate surface area is 111 Å². The lowest BCUT2D eigenvalue weighted by Gasteiger charge is -2.21. The third-order valence-electron chi connectivity index (χ3n) is 3.06. The van der Waals surface area contributed by atoms with Gasteiger partial charge >= 0.3 is 0 Å². The van der Waals surface area contributed by atoms with Crippen LogP contribution >= 0.6 is 11.3 Å². The molecule has 1 unspecified atom stereocenters. The number of carbonyl (C=O) groups is 1. The normalized spacial score (nSPS) is 20.1. The average Bonchev–Trinajstić information content (AvgIpc) is 2.86. The number of hydrogen-bond acceptors (Lipinski definition) is 5. The number of piperidine rings is 1. The summed E-state index contributed by atoms with van der Waals surface area (Å²) in [7, 11) is 0. The second-order valence-corrected chi connectivity index (χ2v) is 6.04. The zero-order valence-corrected chi connectivity index (χ0v) is 11.7. The van der Waals surface area contributed by atoms with Gasteiger partial charge in [-0.3, -0.25) is 4.79 Å². The molecule has 2 rings (SSSR count). The fourth-order valence-electron chi connectivity index (χ4n) is 1.95. The lowest BCUT2D eigenvalue weighted by Crippen LogP contribution is -2.40. The van der Waals surface area contributed by atoms with Gasteiger partial charge in [0.05, 0.1) is 12.5 Å². The predicted molar refractivity (Wildman–Crippen MR) is 71.4 cm³/mol. The minimum Gasteiger partial charge on any atom is -0.349 e. The molecule has 1 aromatic heterocycles. The molecule has 1 amide bonds. The van der Waals surface area contributed by atoms with Crippen LogP contribution in [0, 0.1) is 5.92 Å². The Hall–Kier alpha value is -1.01. The zero-order valence-electron chi connectivity index (χ0n) is 10.9. The lowest BCUT2D eigenvalue weighted by molar-refractivity contribution is -0.125. The molecule has 0 radical (unpaired) electrons. The van der Waals surface area contributed by atoms with Crippen LogP contribution in [0.4, 0.5) is 0 Å². The van der Waals surface area contributed by atoms with E-state index in [0.29, 0.717) is 12.5 Å². The molecule has 1 saturated heterocycles. The standard InChI is InChI=1S/C12H20N4OS/c1-8(2)12-16-15-10(18-12)7-14-11(17)9-4-3-5-13-6-9/h8-9,13H,3-7H2,1-2H3,(H,14,17). The van der Waals surface area contributed by atoms with Gasteiger partial charge in [-0.1, -0.05) is 25.2 Å². The maximum absolute atomic E-state index is 11.9. The van der Waals surface area contributed by atoms with Gasteiger partial charge in [0, 0.05) is 12.5 Å². The molecule has 0 aromatic carbocycles. The zero-order chi connectivity index (χ0) is 13.0. The summed E-state index contributed by atoms with van der Waals surface area (Å²) < 4.78 is 0. The number of nitrogens with one attached hydrogen (secondary N) is 2. The lowest BCUT2D eigenvalue weighted by atomic mass is 9.99.